The van der Waals surface area contributed by atoms with Gasteiger partial charge in [0.15, 0.2) is 0 Å². The van der Waals surface area contributed by atoms with E-state index in [0.29, 0.717) is 19.1 Å². The molecule has 16 heavy (non-hydrogen) atoms. The molecule has 0 aliphatic carbocycles. The molecule has 7 heteroatoms. The van der Waals surface area contributed by atoms with Crippen molar-refractivity contribution in [3.8, 4) is 0 Å². The van der Waals surface area contributed by atoms with Crippen LogP contribution in [0, 0.1) is 5.41 Å². The average molecular weight is 225 g/mol. The van der Waals surface area contributed by atoms with Gasteiger partial charge in [-0.05, 0) is 13.3 Å². The predicted molar refractivity (Wildman–Crippen MR) is 57.7 cm³/mol. The fraction of sp³-hybridized carbons (Fsp3) is 0.667. The van der Waals surface area contributed by atoms with Crippen LogP contribution in [-0.4, -0.2) is 36.2 Å². The Morgan fingerprint density at radius 1 is 1.62 bits per heavy atom. The zero-order valence-electron chi connectivity index (χ0n) is 9.36. The lowest BCUT2D eigenvalue weighted by Gasteiger charge is -2.21. The van der Waals surface area contributed by atoms with E-state index < -0.39 is 5.41 Å². The Kier molecular flexibility index (Phi) is 2.45. The summed E-state index contributed by atoms with van der Waals surface area (Å²) < 4.78 is 5.12. The Labute approximate surface area is 93.0 Å². The maximum absolute atomic E-state index is 11.7. The minimum absolute atomic E-state index is 0.0301. The van der Waals surface area contributed by atoms with E-state index in [4.69, 9.17) is 10.2 Å². The van der Waals surface area contributed by atoms with Crippen LogP contribution < -0.4 is 16.0 Å². The molecular weight excluding hydrogens is 210 g/mol. The lowest BCUT2D eigenvalue weighted by Crippen LogP contribution is -2.39. The normalized spacial score (nSPS) is 24.8. The SMILES string of the molecule is CNC(=O)C1(C)CCN(c2nnc(N)o2)C1. The standard InChI is InChI=1S/C9H15N5O2/c1-9(6(15)11-2)3-4-14(5-9)8-13-12-7(10)16-8/h3-5H2,1-2H3,(H2,10,12)(H,11,15). The molecule has 0 radical (unpaired) electrons. The summed E-state index contributed by atoms with van der Waals surface area (Å²) in [6.45, 7) is 3.20. The Morgan fingerprint density at radius 2 is 2.38 bits per heavy atom. The van der Waals surface area contributed by atoms with Crippen molar-refractivity contribution in [2.24, 2.45) is 5.41 Å². The van der Waals surface area contributed by atoms with Crippen LogP contribution >= 0.6 is 0 Å². The third-order valence-corrected chi connectivity index (χ3v) is 2.95. The highest BCUT2D eigenvalue weighted by atomic mass is 16.4. The van der Waals surface area contributed by atoms with Crippen LogP contribution in [0.4, 0.5) is 12.0 Å². The summed E-state index contributed by atoms with van der Waals surface area (Å²) in [4.78, 5) is 13.6. The van der Waals surface area contributed by atoms with Crippen LogP contribution in [0.2, 0.25) is 0 Å². The molecule has 0 aromatic carbocycles. The van der Waals surface area contributed by atoms with Gasteiger partial charge in [0.25, 0.3) is 0 Å². The van der Waals surface area contributed by atoms with E-state index in [1.165, 1.54) is 0 Å². The molecule has 1 aliphatic rings. The summed E-state index contributed by atoms with van der Waals surface area (Å²) in [7, 11) is 1.64. The van der Waals surface area contributed by atoms with Crippen molar-refractivity contribution in [1.82, 2.24) is 15.5 Å². The number of nitrogens with one attached hydrogen (secondary N) is 1. The highest BCUT2D eigenvalue weighted by molar-refractivity contribution is 5.83. The molecule has 2 rings (SSSR count). The smallest absolute Gasteiger partial charge is 0.319 e. The highest BCUT2D eigenvalue weighted by Crippen LogP contribution is 2.32. The van der Waals surface area contributed by atoms with E-state index in [9.17, 15) is 4.79 Å². The van der Waals surface area contributed by atoms with Crippen molar-refractivity contribution in [2.75, 3.05) is 30.8 Å². The number of amides is 1. The van der Waals surface area contributed by atoms with Crippen LogP contribution in [0.5, 0.6) is 0 Å². The van der Waals surface area contributed by atoms with Crippen molar-refractivity contribution >= 4 is 17.9 Å². The monoisotopic (exact) mass is 225 g/mol. The van der Waals surface area contributed by atoms with Crippen molar-refractivity contribution < 1.29 is 9.21 Å². The summed E-state index contributed by atoms with van der Waals surface area (Å²) in [6.07, 6.45) is 0.759. The molecule has 0 bridgehead atoms. The molecule has 0 spiro atoms. The Hall–Kier alpha value is -1.79. The summed E-state index contributed by atoms with van der Waals surface area (Å²) in [5.41, 5.74) is 4.95. The molecule has 3 N–H and O–H groups in total. The second-order valence-corrected chi connectivity index (χ2v) is 4.23. The lowest BCUT2D eigenvalue weighted by atomic mass is 9.89. The molecule has 88 valence electrons. The van der Waals surface area contributed by atoms with Gasteiger partial charge in [-0.1, -0.05) is 10.2 Å². The fourth-order valence-electron chi connectivity index (χ4n) is 1.97. The molecule has 2 heterocycles. The number of hydrogen-bond donors (Lipinski definition) is 2. The van der Waals surface area contributed by atoms with Gasteiger partial charge in [-0.25, -0.2) is 0 Å². The van der Waals surface area contributed by atoms with Gasteiger partial charge in [0, 0.05) is 20.1 Å². The first-order valence-corrected chi connectivity index (χ1v) is 5.11. The fourth-order valence-corrected chi connectivity index (χ4v) is 1.97. The topological polar surface area (TPSA) is 97.3 Å². The third kappa shape index (κ3) is 1.68. The van der Waals surface area contributed by atoms with Crippen molar-refractivity contribution in [2.45, 2.75) is 13.3 Å². The average Bonchev–Trinajstić information content (AvgIpc) is 2.84. The van der Waals surface area contributed by atoms with E-state index in [1.54, 1.807) is 7.05 Å². The van der Waals surface area contributed by atoms with Gasteiger partial charge < -0.3 is 20.4 Å². The van der Waals surface area contributed by atoms with Crippen LogP contribution in [0.25, 0.3) is 0 Å². The molecule has 1 unspecified atom stereocenters. The maximum Gasteiger partial charge on any atom is 0.319 e. The largest absolute Gasteiger partial charge is 0.390 e. The van der Waals surface area contributed by atoms with Crippen LogP contribution in [0.3, 0.4) is 0 Å². The van der Waals surface area contributed by atoms with Gasteiger partial charge in [-0.3, -0.25) is 4.79 Å². The molecular formula is C9H15N5O2. The summed E-state index contributed by atoms with van der Waals surface area (Å²) in [5, 5.41) is 10.1. The molecule has 1 aromatic rings. The number of hydrogen-bond acceptors (Lipinski definition) is 6. The summed E-state index contributed by atoms with van der Waals surface area (Å²) >= 11 is 0. The second-order valence-electron chi connectivity index (χ2n) is 4.23. The van der Waals surface area contributed by atoms with Crippen LogP contribution in [-0.2, 0) is 4.79 Å². The van der Waals surface area contributed by atoms with E-state index >= 15 is 0 Å². The molecule has 1 atom stereocenters. The molecule has 7 nitrogen and oxygen atoms in total. The predicted octanol–water partition coefficient (Wildman–Crippen LogP) is -0.386. The number of nitrogen functional groups attached to an aromatic ring is 1. The van der Waals surface area contributed by atoms with Gasteiger partial charge in [0.05, 0.1) is 5.41 Å². The Morgan fingerprint density at radius 3 is 2.94 bits per heavy atom. The van der Waals surface area contributed by atoms with Gasteiger partial charge >= 0.3 is 12.0 Å². The number of anilines is 2. The van der Waals surface area contributed by atoms with Gasteiger partial charge in [-0.2, -0.15) is 0 Å². The Bertz CT molecular complexity index is 404. The third-order valence-electron chi connectivity index (χ3n) is 2.95. The van der Waals surface area contributed by atoms with Crippen LogP contribution in [0.15, 0.2) is 4.42 Å². The molecule has 1 aromatic heterocycles. The summed E-state index contributed by atoms with van der Waals surface area (Å²) in [5.74, 6) is 0.0301. The lowest BCUT2D eigenvalue weighted by molar-refractivity contribution is -0.128. The minimum Gasteiger partial charge on any atom is -0.390 e. The van der Waals surface area contributed by atoms with E-state index in [1.807, 2.05) is 11.8 Å². The van der Waals surface area contributed by atoms with Gasteiger partial charge in [0.2, 0.25) is 5.91 Å². The van der Waals surface area contributed by atoms with Crippen molar-refractivity contribution in [1.29, 1.82) is 0 Å². The molecule has 1 aliphatic heterocycles. The van der Waals surface area contributed by atoms with Gasteiger partial charge in [0.1, 0.15) is 0 Å². The molecule has 1 amide bonds. The summed E-state index contributed by atoms with van der Waals surface area (Å²) in [6, 6.07) is 0.425. The van der Waals surface area contributed by atoms with Crippen molar-refractivity contribution in [3.63, 3.8) is 0 Å². The van der Waals surface area contributed by atoms with Crippen molar-refractivity contribution in [3.05, 3.63) is 0 Å². The molecule has 0 saturated carbocycles. The highest BCUT2D eigenvalue weighted by Gasteiger charge is 2.41. The van der Waals surface area contributed by atoms with E-state index in [0.717, 1.165) is 6.42 Å². The van der Waals surface area contributed by atoms with Gasteiger partial charge in [-0.15, -0.1) is 0 Å². The maximum atomic E-state index is 11.7. The number of carbonyl (C=O) groups is 1. The van der Waals surface area contributed by atoms with E-state index in [-0.39, 0.29) is 11.9 Å². The quantitative estimate of drug-likeness (QED) is 0.711. The zero-order chi connectivity index (χ0) is 11.8. The number of rotatable bonds is 2. The zero-order valence-corrected chi connectivity index (χ0v) is 9.36. The second kappa shape index (κ2) is 3.66. The molecule has 1 saturated heterocycles. The van der Waals surface area contributed by atoms with E-state index in [2.05, 4.69) is 15.5 Å². The van der Waals surface area contributed by atoms with Crippen LogP contribution in [0.1, 0.15) is 13.3 Å². The number of nitrogens with zero attached hydrogens (tertiary/aromatic N) is 3. The first kappa shape index (κ1) is 10.7. The minimum atomic E-state index is -0.405. The molecule has 1 fully saturated rings. The first-order valence-electron chi connectivity index (χ1n) is 5.11. The number of carbonyl (C=O) groups excluding carboxylic acids is 1. The number of aromatic nitrogens is 2. The Balaban J connectivity index is 2.11. The first-order chi connectivity index (χ1) is 7.55. The number of nitrogens with two attached hydrogens (primary N) is 1.